The summed E-state index contributed by atoms with van der Waals surface area (Å²) in [6.45, 7) is 3.73. The van der Waals surface area contributed by atoms with Gasteiger partial charge >= 0.3 is 0 Å². The number of ether oxygens (including phenoxy) is 3. The van der Waals surface area contributed by atoms with Gasteiger partial charge in [-0.25, -0.2) is 4.68 Å². The van der Waals surface area contributed by atoms with Gasteiger partial charge in [0.25, 0.3) is 0 Å². The van der Waals surface area contributed by atoms with Gasteiger partial charge < -0.3 is 24.4 Å². The first-order chi connectivity index (χ1) is 19.1. The summed E-state index contributed by atoms with van der Waals surface area (Å²) in [6, 6.07) is 13.4. The average Bonchev–Trinajstić information content (AvgIpc) is 3.74. The minimum Gasteiger partial charge on any atom is -0.493 e. The monoisotopic (exact) mass is 534 g/mol. The summed E-state index contributed by atoms with van der Waals surface area (Å²) < 4.78 is 18.7. The Kier molecular flexibility index (Phi) is 8.61. The minimum atomic E-state index is -0.652. The highest BCUT2D eigenvalue weighted by molar-refractivity contribution is 5.87. The first kappa shape index (κ1) is 26.9. The number of hydrogen-bond donors (Lipinski definition) is 1. The van der Waals surface area contributed by atoms with E-state index in [0.29, 0.717) is 30.4 Å². The molecule has 1 N–H and O–H groups in total. The lowest BCUT2D eigenvalue weighted by Crippen LogP contribution is -2.44. The van der Waals surface area contributed by atoms with Gasteiger partial charge in [0.2, 0.25) is 5.91 Å². The zero-order valence-electron chi connectivity index (χ0n) is 23.0. The fourth-order valence-corrected chi connectivity index (χ4v) is 5.53. The van der Waals surface area contributed by atoms with E-state index < -0.39 is 6.04 Å². The molecule has 5 rings (SSSR count). The normalized spacial score (nSPS) is 18.2. The van der Waals surface area contributed by atoms with Gasteiger partial charge in [-0.15, -0.1) is 5.10 Å². The van der Waals surface area contributed by atoms with Crippen LogP contribution >= 0.6 is 0 Å². The molecule has 10 heteroatoms. The third-order valence-corrected chi connectivity index (χ3v) is 7.67. The Morgan fingerprint density at radius 1 is 1.08 bits per heavy atom. The number of hydrogen-bond acceptors (Lipinski definition) is 8. The van der Waals surface area contributed by atoms with E-state index in [1.165, 1.54) is 0 Å². The fourth-order valence-electron chi connectivity index (χ4n) is 5.53. The summed E-state index contributed by atoms with van der Waals surface area (Å²) in [7, 11) is 3.21. The maximum Gasteiger partial charge on any atom is 0.247 e. The zero-order valence-corrected chi connectivity index (χ0v) is 23.0. The number of methoxy groups -OCH3 is 2. The number of carbonyl (C=O) groups excluding carboxylic acids is 1. The predicted molar refractivity (Wildman–Crippen MR) is 147 cm³/mol. The second-order valence-electron chi connectivity index (χ2n) is 10.4. The Bertz CT molecular complexity index is 1230. The Morgan fingerprint density at radius 2 is 1.85 bits per heavy atom. The van der Waals surface area contributed by atoms with Gasteiger partial charge in [-0.2, -0.15) is 0 Å². The molecular weight excluding hydrogens is 496 g/mol. The second kappa shape index (κ2) is 12.5. The molecule has 0 radical (unpaired) electrons. The highest BCUT2D eigenvalue weighted by Crippen LogP contribution is 2.35. The van der Waals surface area contributed by atoms with E-state index in [4.69, 9.17) is 14.2 Å². The Balaban J connectivity index is 1.55. The fraction of sp³-hybridized carbons (Fsp3) is 0.517. The molecule has 208 valence electrons. The third-order valence-electron chi connectivity index (χ3n) is 7.67. The quantitative estimate of drug-likeness (QED) is 0.394. The molecule has 2 atom stereocenters. The predicted octanol–water partition coefficient (Wildman–Crippen LogP) is 3.98. The van der Waals surface area contributed by atoms with Crippen molar-refractivity contribution in [3.63, 3.8) is 0 Å². The van der Waals surface area contributed by atoms with E-state index in [2.05, 4.69) is 44.8 Å². The lowest BCUT2D eigenvalue weighted by atomic mass is 10.0. The number of aromatic nitrogens is 4. The smallest absolute Gasteiger partial charge is 0.247 e. The Morgan fingerprint density at radius 3 is 2.54 bits per heavy atom. The van der Waals surface area contributed by atoms with Gasteiger partial charge in [0, 0.05) is 18.3 Å². The maximum absolute atomic E-state index is 14.1. The maximum atomic E-state index is 14.1. The van der Waals surface area contributed by atoms with Gasteiger partial charge in [-0.1, -0.05) is 36.6 Å². The van der Waals surface area contributed by atoms with Gasteiger partial charge in [-0.05, 0) is 72.9 Å². The molecule has 1 amide bonds. The van der Waals surface area contributed by atoms with Crippen LogP contribution in [0, 0.1) is 6.92 Å². The molecule has 2 heterocycles. The van der Waals surface area contributed by atoms with Crippen LogP contribution in [0.3, 0.4) is 0 Å². The number of carbonyl (C=O) groups is 1. The van der Waals surface area contributed by atoms with Crippen LogP contribution in [0.5, 0.6) is 11.5 Å². The van der Waals surface area contributed by atoms with Crippen LogP contribution in [0.15, 0.2) is 42.5 Å². The standard InChI is InChI=1S/C29H38N6O4/c1-20-10-13-23(14-11-20)34(19-27-31-32-33-35(27)18-24-9-6-16-39-24)28(29(36)30-22-7-4-5-8-22)21-12-15-25(37-2)26(17-21)38-3/h10-15,17,22,24,28H,4-9,16,18-19H2,1-3H3,(H,30,36). The van der Waals surface area contributed by atoms with E-state index in [-0.39, 0.29) is 18.1 Å². The van der Waals surface area contributed by atoms with E-state index in [1.54, 1.807) is 18.9 Å². The van der Waals surface area contributed by atoms with E-state index in [1.807, 2.05) is 30.3 Å². The van der Waals surface area contributed by atoms with Crippen LogP contribution in [0.2, 0.25) is 0 Å². The van der Waals surface area contributed by atoms with Crippen molar-refractivity contribution in [2.45, 2.75) is 76.7 Å². The van der Waals surface area contributed by atoms with Crippen molar-refractivity contribution in [1.29, 1.82) is 0 Å². The molecule has 1 saturated carbocycles. The largest absolute Gasteiger partial charge is 0.493 e. The number of benzene rings is 2. The van der Waals surface area contributed by atoms with Crippen molar-refractivity contribution < 1.29 is 19.0 Å². The number of nitrogens with one attached hydrogen (secondary N) is 1. The van der Waals surface area contributed by atoms with Crippen molar-refractivity contribution in [3.05, 3.63) is 59.4 Å². The minimum absolute atomic E-state index is 0.0622. The lowest BCUT2D eigenvalue weighted by Gasteiger charge is -2.34. The topological polar surface area (TPSA) is 104 Å². The third kappa shape index (κ3) is 6.33. The summed E-state index contributed by atoms with van der Waals surface area (Å²) in [5.41, 5.74) is 2.83. The highest BCUT2D eigenvalue weighted by atomic mass is 16.5. The number of anilines is 1. The molecule has 0 spiro atoms. The SMILES string of the molecule is COc1ccc(C(C(=O)NC2CCCC2)N(Cc2nnnn2CC2CCCO2)c2ccc(C)cc2)cc1OC. The van der Waals surface area contributed by atoms with Gasteiger partial charge in [0.15, 0.2) is 17.3 Å². The molecule has 1 saturated heterocycles. The Hall–Kier alpha value is -3.66. The van der Waals surface area contributed by atoms with E-state index in [0.717, 1.165) is 61.9 Å². The van der Waals surface area contributed by atoms with Crippen molar-refractivity contribution in [2.24, 2.45) is 0 Å². The summed E-state index contributed by atoms with van der Waals surface area (Å²) in [5, 5.41) is 15.9. The number of aryl methyl sites for hydroxylation is 1. The number of nitrogens with zero attached hydrogens (tertiary/aromatic N) is 5. The van der Waals surface area contributed by atoms with Crippen LogP contribution in [0.1, 0.15) is 61.5 Å². The van der Waals surface area contributed by atoms with Gasteiger partial charge in [-0.3, -0.25) is 4.79 Å². The summed E-state index contributed by atoms with van der Waals surface area (Å²) in [6.07, 6.45) is 6.37. The molecule has 2 unspecified atom stereocenters. The molecule has 2 aliphatic rings. The van der Waals surface area contributed by atoms with Crippen LogP contribution in [-0.2, 0) is 22.6 Å². The van der Waals surface area contributed by atoms with Crippen LogP contribution in [0.25, 0.3) is 0 Å². The molecule has 1 aliphatic carbocycles. The molecular formula is C29H38N6O4. The van der Waals surface area contributed by atoms with Crippen LogP contribution in [-0.4, -0.2) is 59.1 Å². The van der Waals surface area contributed by atoms with Crippen molar-refractivity contribution >= 4 is 11.6 Å². The van der Waals surface area contributed by atoms with Gasteiger partial charge in [0.1, 0.15) is 6.04 Å². The molecule has 2 fully saturated rings. The first-order valence-electron chi connectivity index (χ1n) is 13.8. The van der Waals surface area contributed by atoms with E-state index in [9.17, 15) is 4.79 Å². The number of tetrazole rings is 1. The average molecular weight is 535 g/mol. The highest BCUT2D eigenvalue weighted by Gasteiger charge is 2.33. The summed E-state index contributed by atoms with van der Waals surface area (Å²) >= 11 is 0. The number of amides is 1. The van der Waals surface area contributed by atoms with Gasteiger partial charge in [0.05, 0.1) is 33.4 Å². The Labute approximate surface area is 229 Å². The molecule has 2 aromatic carbocycles. The number of rotatable bonds is 11. The van der Waals surface area contributed by atoms with Crippen molar-refractivity contribution in [1.82, 2.24) is 25.5 Å². The molecule has 3 aromatic rings. The zero-order chi connectivity index (χ0) is 27.2. The van der Waals surface area contributed by atoms with Crippen LogP contribution in [0.4, 0.5) is 5.69 Å². The molecule has 1 aromatic heterocycles. The molecule has 0 bridgehead atoms. The molecule has 1 aliphatic heterocycles. The van der Waals surface area contributed by atoms with Crippen molar-refractivity contribution in [3.8, 4) is 11.5 Å². The van der Waals surface area contributed by atoms with Crippen molar-refractivity contribution in [2.75, 3.05) is 25.7 Å². The summed E-state index contributed by atoms with van der Waals surface area (Å²) in [4.78, 5) is 16.2. The molecule has 10 nitrogen and oxygen atoms in total. The first-order valence-corrected chi connectivity index (χ1v) is 13.8. The van der Waals surface area contributed by atoms with Crippen LogP contribution < -0.4 is 19.7 Å². The van der Waals surface area contributed by atoms with E-state index >= 15 is 0 Å². The second-order valence-corrected chi connectivity index (χ2v) is 10.4. The molecule has 39 heavy (non-hydrogen) atoms. The lowest BCUT2D eigenvalue weighted by molar-refractivity contribution is -0.123. The summed E-state index contributed by atoms with van der Waals surface area (Å²) in [5.74, 6) is 1.79.